The molecule has 0 saturated carbocycles. The molecule has 188 valence electrons. The lowest BCUT2D eigenvalue weighted by molar-refractivity contribution is -0.127. The molecule has 2 aliphatic heterocycles. The minimum absolute atomic E-state index is 0.00358. The first-order chi connectivity index (χ1) is 18.1. The molecule has 2 N–H and O–H groups in total. The predicted octanol–water partition coefficient (Wildman–Crippen LogP) is 3.82. The van der Waals surface area contributed by atoms with Gasteiger partial charge in [-0.25, -0.2) is 14.6 Å². The molecule has 1 atom stereocenters. The van der Waals surface area contributed by atoms with Gasteiger partial charge in [0.1, 0.15) is 30.2 Å². The summed E-state index contributed by atoms with van der Waals surface area (Å²) < 4.78 is 7.72. The van der Waals surface area contributed by atoms with Crippen molar-refractivity contribution in [3.63, 3.8) is 0 Å². The maximum absolute atomic E-state index is 12.3. The number of carbonyl (C=O) groups is 1. The van der Waals surface area contributed by atoms with E-state index in [-0.39, 0.29) is 11.9 Å². The number of rotatable bonds is 5. The van der Waals surface area contributed by atoms with Gasteiger partial charge in [0.2, 0.25) is 5.91 Å². The maximum atomic E-state index is 12.3. The number of nitrogens with zero attached hydrogens (tertiary/aromatic N) is 6. The Morgan fingerprint density at radius 2 is 1.97 bits per heavy atom. The average molecular weight is 496 g/mol. The van der Waals surface area contributed by atoms with Crippen LogP contribution in [0.3, 0.4) is 0 Å². The van der Waals surface area contributed by atoms with Crippen LogP contribution in [0.25, 0.3) is 22.3 Å². The average Bonchev–Trinajstić information content (AvgIpc) is 3.34. The summed E-state index contributed by atoms with van der Waals surface area (Å²) >= 11 is 0. The van der Waals surface area contributed by atoms with Gasteiger partial charge < -0.3 is 20.3 Å². The first-order valence-corrected chi connectivity index (χ1v) is 12.6. The van der Waals surface area contributed by atoms with Gasteiger partial charge in [-0.15, -0.1) is 0 Å². The van der Waals surface area contributed by atoms with Crippen molar-refractivity contribution in [3.8, 4) is 17.0 Å². The fourth-order valence-corrected chi connectivity index (χ4v) is 5.32. The molecule has 0 bridgehead atoms. The molecule has 9 nitrogen and oxygen atoms in total. The molecule has 9 heteroatoms. The first-order valence-electron chi connectivity index (χ1n) is 12.6. The van der Waals surface area contributed by atoms with Crippen LogP contribution >= 0.6 is 0 Å². The quantitative estimate of drug-likeness (QED) is 0.420. The van der Waals surface area contributed by atoms with Gasteiger partial charge in [0.15, 0.2) is 5.65 Å². The van der Waals surface area contributed by atoms with E-state index < -0.39 is 0 Å². The van der Waals surface area contributed by atoms with Crippen molar-refractivity contribution in [1.82, 2.24) is 24.6 Å². The Kier molecular flexibility index (Phi) is 5.96. The van der Waals surface area contributed by atoms with Crippen molar-refractivity contribution >= 4 is 28.4 Å². The van der Waals surface area contributed by atoms with E-state index in [0.29, 0.717) is 24.6 Å². The molecule has 2 aromatic heterocycles. The minimum Gasteiger partial charge on any atom is -0.490 e. The number of nitrogen functional groups attached to an aromatic ring is 1. The third-order valence-electron chi connectivity index (χ3n) is 7.17. The van der Waals surface area contributed by atoms with E-state index in [1.807, 2.05) is 27.8 Å². The number of piperidine rings is 1. The number of aromatic nitrogens is 4. The van der Waals surface area contributed by atoms with Crippen molar-refractivity contribution in [2.75, 3.05) is 36.9 Å². The molecule has 0 radical (unpaired) electrons. The van der Waals surface area contributed by atoms with E-state index in [1.54, 1.807) is 0 Å². The van der Waals surface area contributed by atoms with Crippen LogP contribution in [0.4, 0.5) is 11.5 Å². The fraction of sp³-hybridized carbons (Fsp3) is 0.286. The lowest BCUT2D eigenvalue weighted by Gasteiger charge is -2.32. The van der Waals surface area contributed by atoms with Gasteiger partial charge in [-0.1, -0.05) is 43.0 Å². The number of fused-ring (bicyclic) bond motifs is 2. The number of hydrogen-bond acceptors (Lipinski definition) is 7. The Hall–Kier alpha value is -4.40. The standard InChI is InChI=1S/C28H29N7O2/c1-2-24(36)34-13-5-6-21(17-34)35-28-25(27(29)30-18-31-28)26(32-35)20-11-9-19(10-12-20)16-33-14-15-37-23-8-4-3-7-22(23)33/h2-4,7-12,18,21H,1,5-6,13-17H2,(H2,29,30,31). The van der Waals surface area contributed by atoms with Gasteiger partial charge in [-0.2, -0.15) is 5.10 Å². The zero-order chi connectivity index (χ0) is 25.4. The summed E-state index contributed by atoms with van der Waals surface area (Å²) in [5.41, 5.74) is 11.0. The van der Waals surface area contributed by atoms with Gasteiger partial charge in [0.25, 0.3) is 0 Å². The van der Waals surface area contributed by atoms with Gasteiger partial charge in [0, 0.05) is 25.2 Å². The van der Waals surface area contributed by atoms with Crippen LogP contribution in [0.15, 0.2) is 67.5 Å². The Morgan fingerprint density at radius 1 is 1.14 bits per heavy atom. The largest absolute Gasteiger partial charge is 0.490 e. The Balaban J connectivity index is 1.31. The number of hydrogen-bond donors (Lipinski definition) is 1. The fourth-order valence-electron chi connectivity index (χ4n) is 5.32. The van der Waals surface area contributed by atoms with Gasteiger partial charge in [-0.3, -0.25) is 4.79 Å². The molecule has 2 aliphatic rings. The maximum Gasteiger partial charge on any atom is 0.246 e. The summed E-state index contributed by atoms with van der Waals surface area (Å²) in [4.78, 5) is 25.2. The molecule has 0 spiro atoms. The Labute approximate surface area is 215 Å². The molecule has 1 fully saturated rings. The zero-order valence-electron chi connectivity index (χ0n) is 20.6. The van der Waals surface area contributed by atoms with Crippen LogP contribution in [0.5, 0.6) is 5.75 Å². The van der Waals surface area contributed by atoms with E-state index in [4.69, 9.17) is 15.6 Å². The second-order valence-corrected chi connectivity index (χ2v) is 9.47. The van der Waals surface area contributed by atoms with E-state index in [2.05, 4.69) is 51.8 Å². The van der Waals surface area contributed by atoms with Gasteiger partial charge in [-0.05, 0) is 36.6 Å². The number of para-hydroxylation sites is 2. The van der Waals surface area contributed by atoms with Crippen molar-refractivity contribution in [2.45, 2.75) is 25.4 Å². The summed E-state index contributed by atoms with van der Waals surface area (Å²) in [6.07, 6.45) is 4.63. The summed E-state index contributed by atoms with van der Waals surface area (Å²) in [6, 6.07) is 16.6. The highest BCUT2D eigenvalue weighted by molar-refractivity contribution is 5.98. The molecule has 2 aromatic carbocycles. The third-order valence-corrected chi connectivity index (χ3v) is 7.17. The molecule has 37 heavy (non-hydrogen) atoms. The van der Waals surface area contributed by atoms with E-state index in [1.165, 1.54) is 18.0 Å². The van der Waals surface area contributed by atoms with Crippen molar-refractivity contribution in [2.24, 2.45) is 0 Å². The van der Waals surface area contributed by atoms with Crippen LogP contribution in [0, 0.1) is 0 Å². The molecule has 0 aliphatic carbocycles. The van der Waals surface area contributed by atoms with Crippen LogP contribution in [0.1, 0.15) is 24.4 Å². The van der Waals surface area contributed by atoms with E-state index >= 15 is 0 Å². The van der Waals surface area contributed by atoms with Gasteiger partial charge in [0.05, 0.1) is 23.7 Å². The van der Waals surface area contributed by atoms with E-state index in [0.717, 1.165) is 60.6 Å². The summed E-state index contributed by atoms with van der Waals surface area (Å²) in [6.45, 7) is 7.22. The second kappa shape index (κ2) is 9.57. The molecular weight excluding hydrogens is 466 g/mol. The molecule has 1 unspecified atom stereocenters. The lowest BCUT2D eigenvalue weighted by atomic mass is 10.1. The first kappa shape index (κ1) is 23.0. The van der Waals surface area contributed by atoms with Gasteiger partial charge >= 0.3 is 0 Å². The number of amides is 1. The topological polar surface area (TPSA) is 102 Å². The summed E-state index contributed by atoms with van der Waals surface area (Å²) in [5, 5.41) is 5.72. The highest BCUT2D eigenvalue weighted by Gasteiger charge is 2.28. The summed E-state index contributed by atoms with van der Waals surface area (Å²) in [5.74, 6) is 1.26. The number of carbonyl (C=O) groups excluding carboxylic acids is 1. The van der Waals surface area contributed by atoms with E-state index in [9.17, 15) is 4.79 Å². The van der Waals surface area contributed by atoms with Crippen LogP contribution in [-0.2, 0) is 11.3 Å². The monoisotopic (exact) mass is 495 g/mol. The summed E-state index contributed by atoms with van der Waals surface area (Å²) in [7, 11) is 0. The zero-order valence-corrected chi connectivity index (χ0v) is 20.6. The Morgan fingerprint density at radius 3 is 2.81 bits per heavy atom. The number of likely N-dealkylation sites (tertiary alicyclic amines) is 1. The second-order valence-electron chi connectivity index (χ2n) is 9.47. The van der Waals surface area contributed by atoms with Crippen molar-refractivity contribution < 1.29 is 9.53 Å². The predicted molar refractivity (Wildman–Crippen MR) is 143 cm³/mol. The Bertz CT molecular complexity index is 1460. The van der Waals surface area contributed by atoms with Crippen molar-refractivity contribution in [3.05, 3.63) is 73.1 Å². The molecular formula is C28H29N7O2. The van der Waals surface area contributed by atoms with Crippen LogP contribution in [-0.4, -0.2) is 56.8 Å². The highest BCUT2D eigenvalue weighted by atomic mass is 16.5. The lowest BCUT2D eigenvalue weighted by Crippen LogP contribution is -2.40. The van der Waals surface area contributed by atoms with Crippen LogP contribution in [0.2, 0.25) is 0 Å². The minimum atomic E-state index is -0.0611. The molecule has 4 aromatic rings. The van der Waals surface area contributed by atoms with Crippen LogP contribution < -0.4 is 15.4 Å². The SMILES string of the molecule is C=CC(=O)N1CCCC(n2nc(-c3ccc(CN4CCOc5ccccc54)cc3)c3c(N)ncnc32)C1. The molecule has 1 saturated heterocycles. The third kappa shape index (κ3) is 4.26. The number of ether oxygens (including phenoxy) is 1. The molecule has 4 heterocycles. The highest BCUT2D eigenvalue weighted by Crippen LogP contribution is 2.35. The molecule has 1 amide bonds. The van der Waals surface area contributed by atoms with Crippen molar-refractivity contribution in [1.29, 1.82) is 0 Å². The normalized spacial score (nSPS) is 17.4. The molecule has 6 rings (SSSR count). The number of anilines is 2. The number of nitrogens with two attached hydrogens (primary N) is 1. The number of benzene rings is 2. The smallest absolute Gasteiger partial charge is 0.246 e.